The van der Waals surface area contributed by atoms with Gasteiger partial charge in [0.05, 0.1) is 4.90 Å². The van der Waals surface area contributed by atoms with Crippen LogP contribution < -0.4 is 9.88 Å². The molecule has 3 aromatic carbocycles. The number of sulfonamides is 1. The van der Waals surface area contributed by atoms with Crippen molar-refractivity contribution in [3.63, 3.8) is 0 Å². The summed E-state index contributed by atoms with van der Waals surface area (Å²) in [5.74, 6) is 0.756. The largest absolute Gasteiger partial charge is 0.481 e. The summed E-state index contributed by atoms with van der Waals surface area (Å²) in [7, 11) is -3.80. The molecule has 0 aliphatic rings. The number of aromatic nitrogens is 1. The lowest BCUT2D eigenvalue weighted by Crippen LogP contribution is -2.11. The molecular formula is C23H19FN2O4S. The minimum Gasteiger partial charge on any atom is -0.481 e. The lowest BCUT2D eigenvalue weighted by molar-refractivity contribution is 0.189. The van der Waals surface area contributed by atoms with Crippen LogP contribution in [0, 0.1) is 5.82 Å². The number of rotatable bonds is 6. The Morgan fingerprint density at radius 2 is 1.68 bits per heavy atom. The summed E-state index contributed by atoms with van der Waals surface area (Å²) in [4.78, 5) is 4.60. The number of nitrogens with zero attached hydrogens (tertiary/aromatic N) is 1. The van der Waals surface area contributed by atoms with Gasteiger partial charge in [0, 0.05) is 17.2 Å². The van der Waals surface area contributed by atoms with Gasteiger partial charge in [0.15, 0.2) is 11.9 Å². The minimum absolute atomic E-state index is 0.00374. The van der Waals surface area contributed by atoms with Crippen molar-refractivity contribution in [1.82, 2.24) is 4.98 Å². The van der Waals surface area contributed by atoms with Crippen molar-refractivity contribution in [1.29, 1.82) is 0 Å². The Kier molecular flexibility index (Phi) is 5.58. The third kappa shape index (κ3) is 4.65. The van der Waals surface area contributed by atoms with Crippen LogP contribution in [-0.2, 0) is 10.0 Å². The maximum atomic E-state index is 13.5. The smallest absolute Gasteiger partial charge is 0.238 e. The zero-order valence-corrected chi connectivity index (χ0v) is 17.3. The van der Waals surface area contributed by atoms with E-state index in [1.54, 1.807) is 31.2 Å². The Bertz CT molecular complexity index is 1300. The Balaban J connectivity index is 1.74. The van der Waals surface area contributed by atoms with Crippen LogP contribution in [0.4, 0.5) is 4.39 Å². The monoisotopic (exact) mass is 438 g/mol. The van der Waals surface area contributed by atoms with Gasteiger partial charge in [0.25, 0.3) is 0 Å². The van der Waals surface area contributed by atoms with Crippen molar-refractivity contribution >= 4 is 10.0 Å². The van der Waals surface area contributed by atoms with Crippen molar-refractivity contribution < 1.29 is 22.0 Å². The number of halogens is 1. The lowest BCUT2D eigenvalue weighted by Gasteiger charge is -2.11. The fraction of sp³-hybridized carbons (Fsp3) is 0.0870. The van der Waals surface area contributed by atoms with Crippen LogP contribution in [0.3, 0.4) is 0 Å². The second-order valence-electron chi connectivity index (χ2n) is 6.88. The van der Waals surface area contributed by atoms with Gasteiger partial charge in [-0.1, -0.05) is 48.5 Å². The molecule has 2 N–H and O–H groups in total. The van der Waals surface area contributed by atoms with Crippen LogP contribution in [-0.4, -0.2) is 13.4 Å². The van der Waals surface area contributed by atoms with E-state index in [0.717, 1.165) is 5.56 Å². The average Bonchev–Trinajstić information content (AvgIpc) is 3.20. The highest BCUT2D eigenvalue weighted by atomic mass is 32.2. The maximum Gasteiger partial charge on any atom is 0.238 e. The number of primary sulfonamides is 1. The van der Waals surface area contributed by atoms with Crippen molar-refractivity contribution in [3.05, 3.63) is 90.6 Å². The van der Waals surface area contributed by atoms with E-state index < -0.39 is 21.9 Å². The van der Waals surface area contributed by atoms with Crippen LogP contribution in [0.15, 0.2) is 88.2 Å². The first-order valence-corrected chi connectivity index (χ1v) is 11.0. The molecule has 1 unspecified atom stereocenters. The molecule has 0 bridgehead atoms. The van der Waals surface area contributed by atoms with Crippen LogP contribution in [0.1, 0.15) is 18.9 Å². The SMILES string of the molecule is CC(Oc1cccc(F)c1)c1nc(-c2ccc(S(N)(=O)=O)cc2)c(-c2ccccc2)o1. The molecule has 4 rings (SSSR count). The Hall–Kier alpha value is -3.49. The molecule has 0 radical (unpaired) electrons. The fourth-order valence-corrected chi connectivity index (χ4v) is 3.60. The van der Waals surface area contributed by atoms with Gasteiger partial charge in [-0.05, 0) is 31.2 Å². The Labute approximate surface area is 179 Å². The summed E-state index contributed by atoms with van der Waals surface area (Å²) in [5, 5.41) is 5.19. The molecular weight excluding hydrogens is 419 g/mol. The number of benzene rings is 3. The predicted octanol–water partition coefficient (Wildman–Crippen LogP) is 4.94. The van der Waals surface area contributed by atoms with Crippen molar-refractivity contribution in [2.75, 3.05) is 0 Å². The molecule has 8 heteroatoms. The zero-order valence-electron chi connectivity index (χ0n) is 16.5. The predicted molar refractivity (Wildman–Crippen MR) is 114 cm³/mol. The Morgan fingerprint density at radius 1 is 0.968 bits per heavy atom. The molecule has 0 aliphatic heterocycles. The van der Waals surface area contributed by atoms with Gasteiger partial charge < -0.3 is 9.15 Å². The van der Waals surface area contributed by atoms with Gasteiger partial charge in [-0.15, -0.1) is 0 Å². The number of hydrogen-bond acceptors (Lipinski definition) is 5. The van der Waals surface area contributed by atoms with E-state index in [4.69, 9.17) is 14.3 Å². The van der Waals surface area contributed by atoms with E-state index in [0.29, 0.717) is 28.7 Å². The topological polar surface area (TPSA) is 95.4 Å². The molecule has 0 fully saturated rings. The molecule has 0 amide bonds. The first kappa shape index (κ1) is 20.8. The average molecular weight is 438 g/mol. The molecule has 0 spiro atoms. The second kappa shape index (κ2) is 8.33. The van der Waals surface area contributed by atoms with Crippen LogP contribution in [0.5, 0.6) is 5.75 Å². The van der Waals surface area contributed by atoms with E-state index in [1.165, 1.54) is 24.3 Å². The van der Waals surface area contributed by atoms with Gasteiger partial charge in [-0.25, -0.2) is 22.9 Å². The molecule has 0 saturated heterocycles. The highest BCUT2D eigenvalue weighted by Crippen LogP contribution is 2.35. The fourth-order valence-electron chi connectivity index (χ4n) is 3.09. The summed E-state index contributed by atoms with van der Waals surface area (Å²) in [6, 6.07) is 21.3. The van der Waals surface area contributed by atoms with Crippen molar-refractivity contribution in [3.8, 4) is 28.3 Å². The first-order valence-electron chi connectivity index (χ1n) is 9.43. The van der Waals surface area contributed by atoms with E-state index in [9.17, 15) is 12.8 Å². The third-order valence-corrected chi connectivity index (χ3v) is 5.52. The summed E-state index contributed by atoms with van der Waals surface area (Å²) in [5.41, 5.74) is 1.97. The van der Waals surface area contributed by atoms with Gasteiger partial charge in [-0.2, -0.15) is 0 Å². The summed E-state index contributed by atoms with van der Waals surface area (Å²) < 4.78 is 48.4. The molecule has 31 heavy (non-hydrogen) atoms. The summed E-state index contributed by atoms with van der Waals surface area (Å²) in [6.07, 6.45) is -0.596. The maximum absolute atomic E-state index is 13.5. The lowest BCUT2D eigenvalue weighted by atomic mass is 10.1. The minimum atomic E-state index is -3.80. The normalized spacial score (nSPS) is 12.5. The molecule has 1 aromatic heterocycles. The summed E-state index contributed by atoms with van der Waals surface area (Å²) in [6.45, 7) is 1.75. The highest BCUT2D eigenvalue weighted by molar-refractivity contribution is 7.89. The highest BCUT2D eigenvalue weighted by Gasteiger charge is 2.22. The number of oxazole rings is 1. The second-order valence-corrected chi connectivity index (χ2v) is 8.44. The van der Waals surface area contributed by atoms with E-state index in [2.05, 4.69) is 4.98 Å². The van der Waals surface area contributed by atoms with Gasteiger partial charge in [0.1, 0.15) is 17.3 Å². The quantitative estimate of drug-likeness (QED) is 0.460. The Morgan fingerprint density at radius 3 is 2.32 bits per heavy atom. The standard InChI is InChI=1S/C23H19FN2O4S/c1-15(29-19-9-5-8-18(24)14-19)23-26-21(22(30-23)17-6-3-2-4-7-17)16-10-12-20(13-11-16)31(25,27)28/h2-15H,1H3,(H2,25,27,28). The van der Waals surface area contributed by atoms with Crippen molar-refractivity contribution in [2.24, 2.45) is 5.14 Å². The van der Waals surface area contributed by atoms with E-state index in [-0.39, 0.29) is 4.90 Å². The number of nitrogens with two attached hydrogens (primary N) is 1. The van der Waals surface area contributed by atoms with E-state index >= 15 is 0 Å². The molecule has 158 valence electrons. The molecule has 1 atom stereocenters. The number of hydrogen-bond donors (Lipinski definition) is 1. The van der Waals surface area contributed by atoms with Crippen LogP contribution in [0.2, 0.25) is 0 Å². The van der Waals surface area contributed by atoms with Crippen LogP contribution >= 0.6 is 0 Å². The van der Waals surface area contributed by atoms with Gasteiger partial charge >= 0.3 is 0 Å². The van der Waals surface area contributed by atoms with Gasteiger partial charge in [-0.3, -0.25) is 0 Å². The molecule has 4 aromatic rings. The van der Waals surface area contributed by atoms with Gasteiger partial charge in [0.2, 0.25) is 15.9 Å². The number of ether oxygens (including phenoxy) is 1. The molecule has 0 saturated carbocycles. The summed E-state index contributed by atoms with van der Waals surface area (Å²) >= 11 is 0. The van der Waals surface area contributed by atoms with Crippen LogP contribution in [0.25, 0.3) is 22.6 Å². The van der Waals surface area contributed by atoms with Crippen molar-refractivity contribution in [2.45, 2.75) is 17.9 Å². The van der Waals surface area contributed by atoms with E-state index in [1.807, 2.05) is 30.3 Å². The zero-order chi connectivity index (χ0) is 22.0. The third-order valence-electron chi connectivity index (χ3n) is 4.59. The molecule has 1 heterocycles. The molecule has 6 nitrogen and oxygen atoms in total. The first-order chi connectivity index (χ1) is 14.8. The molecule has 0 aliphatic carbocycles.